The van der Waals surface area contributed by atoms with Crippen LogP contribution in [-0.4, -0.2) is 64.6 Å². The summed E-state index contributed by atoms with van der Waals surface area (Å²) < 4.78 is 5.40. The molecular formula is C30H28N4O4S. The molecule has 3 N–H and O–H groups in total. The Labute approximate surface area is 231 Å². The summed E-state index contributed by atoms with van der Waals surface area (Å²) in [5, 5.41) is 16.2. The van der Waals surface area contributed by atoms with Gasteiger partial charge >= 0.3 is 5.97 Å². The van der Waals surface area contributed by atoms with Gasteiger partial charge in [-0.1, -0.05) is 54.7 Å². The van der Waals surface area contributed by atoms with Gasteiger partial charge in [-0.2, -0.15) is 0 Å². The Morgan fingerprint density at radius 3 is 2.49 bits per heavy atom. The average Bonchev–Trinajstić information content (AvgIpc) is 3.52. The minimum Gasteiger partial charge on any atom is -0.478 e. The van der Waals surface area contributed by atoms with E-state index in [1.54, 1.807) is 18.2 Å². The van der Waals surface area contributed by atoms with Gasteiger partial charge in [0.15, 0.2) is 0 Å². The van der Waals surface area contributed by atoms with Crippen molar-refractivity contribution in [1.82, 2.24) is 9.80 Å². The molecular weight excluding hydrogens is 512 g/mol. The SMILES string of the molecule is O=C(O)c1ccc2c(c1)NC(=S)/C2=C(\Nc1ccc2c(c1)CN(C(=O)CN1CCOCC1)C2)c1ccccc1. The van der Waals surface area contributed by atoms with Crippen LogP contribution in [0.15, 0.2) is 66.7 Å². The van der Waals surface area contributed by atoms with Gasteiger partial charge in [0, 0.05) is 48.7 Å². The van der Waals surface area contributed by atoms with Gasteiger partial charge in [0.2, 0.25) is 5.91 Å². The number of nitrogens with one attached hydrogen (secondary N) is 2. The number of aromatic carboxylic acids is 1. The van der Waals surface area contributed by atoms with Crippen LogP contribution in [0.3, 0.4) is 0 Å². The van der Waals surface area contributed by atoms with E-state index in [1.165, 1.54) is 0 Å². The molecule has 0 bridgehead atoms. The normalized spacial score (nSPS) is 17.8. The van der Waals surface area contributed by atoms with Gasteiger partial charge in [0.1, 0.15) is 4.99 Å². The second-order valence-corrected chi connectivity index (χ2v) is 10.3. The number of ether oxygens (including phenoxy) is 1. The lowest BCUT2D eigenvalue weighted by atomic mass is 9.99. The number of carboxylic acid groups (broad SMARTS) is 1. The maximum atomic E-state index is 13.0. The van der Waals surface area contributed by atoms with Crippen LogP contribution in [0.2, 0.25) is 0 Å². The number of hydrogen-bond donors (Lipinski definition) is 3. The van der Waals surface area contributed by atoms with Gasteiger partial charge in [0.05, 0.1) is 31.0 Å². The van der Waals surface area contributed by atoms with Crippen molar-refractivity contribution >= 4 is 51.7 Å². The van der Waals surface area contributed by atoms with E-state index in [0.717, 1.165) is 52.3 Å². The number of morpholine rings is 1. The van der Waals surface area contributed by atoms with Gasteiger partial charge in [-0.3, -0.25) is 9.69 Å². The fourth-order valence-electron chi connectivity index (χ4n) is 5.28. The Hall–Kier alpha value is -4.05. The smallest absolute Gasteiger partial charge is 0.335 e. The summed E-state index contributed by atoms with van der Waals surface area (Å²) in [6.45, 7) is 4.52. The molecule has 8 nitrogen and oxygen atoms in total. The van der Waals surface area contributed by atoms with Crippen LogP contribution in [0.4, 0.5) is 11.4 Å². The fraction of sp³-hybridized carbons (Fsp3) is 0.233. The molecule has 0 aliphatic carbocycles. The maximum Gasteiger partial charge on any atom is 0.335 e. The zero-order valence-corrected chi connectivity index (χ0v) is 22.1. The van der Waals surface area contributed by atoms with E-state index < -0.39 is 5.97 Å². The van der Waals surface area contributed by atoms with Crippen LogP contribution in [0.5, 0.6) is 0 Å². The van der Waals surface area contributed by atoms with Crippen molar-refractivity contribution in [3.05, 3.63) is 94.5 Å². The Morgan fingerprint density at radius 1 is 0.949 bits per heavy atom. The van der Waals surface area contributed by atoms with Crippen LogP contribution < -0.4 is 10.6 Å². The average molecular weight is 541 g/mol. The summed E-state index contributed by atoms with van der Waals surface area (Å²) in [7, 11) is 0. The van der Waals surface area contributed by atoms with Crippen LogP contribution in [0, 0.1) is 0 Å². The summed E-state index contributed by atoms with van der Waals surface area (Å²) in [5.74, 6) is -0.852. The van der Waals surface area contributed by atoms with E-state index in [9.17, 15) is 14.7 Å². The van der Waals surface area contributed by atoms with Crippen molar-refractivity contribution < 1.29 is 19.4 Å². The number of carbonyl (C=O) groups excluding carboxylic acids is 1. The molecule has 198 valence electrons. The largest absolute Gasteiger partial charge is 0.478 e. The molecule has 3 aliphatic heterocycles. The lowest BCUT2D eigenvalue weighted by molar-refractivity contribution is -0.134. The lowest BCUT2D eigenvalue weighted by Gasteiger charge is -2.27. The van der Waals surface area contributed by atoms with Crippen LogP contribution >= 0.6 is 12.2 Å². The molecule has 0 aromatic heterocycles. The standard InChI is InChI=1S/C30H28N4O4S/c35-26(18-33-10-12-38-13-11-33)34-16-21-6-8-23(14-22(21)17-34)31-28(19-4-2-1-3-5-19)27-24-9-7-20(30(36)37)15-25(24)32-29(27)39/h1-9,14-15,31H,10-13,16-18H2,(H,32,39)(H,36,37)/b28-27-. The summed E-state index contributed by atoms with van der Waals surface area (Å²) in [5.41, 5.74) is 7.47. The molecule has 3 aliphatic rings. The molecule has 6 rings (SSSR count). The molecule has 0 radical (unpaired) electrons. The number of nitrogens with zero attached hydrogens (tertiary/aromatic N) is 2. The van der Waals surface area contributed by atoms with Crippen LogP contribution in [-0.2, 0) is 22.6 Å². The third kappa shape index (κ3) is 5.16. The van der Waals surface area contributed by atoms with E-state index >= 15 is 0 Å². The number of carbonyl (C=O) groups is 2. The highest BCUT2D eigenvalue weighted by atomic mass is 32.1. The van der Waals surface area contributed by atoms with Gasteiger partial charge in [0.25, 0.3) is 0 Å². The molecule has 39 heavy (non-hydrogen) atoms. The Morgan fingerprint density at radius 2 is 1.72 bits per heavy atom. The van der Waals surface area contributed by atoms with Crippen molar-refractivity contribution in [3.63, 3.8) is 0 Å². The van der Waals surface area contributed by atoms with Crippen molar-refractivity contribution in [1.29, 1.82) is 0 Å². The first-order valence-corrected chi connectivity index (χ1v) is 13.3. The highest BCUT2D eigenvalue weighted by Crippen LogP contribution is 2.39. The molecule has 3 aromatic carbocycles. The Kier molecular flexibility index (Phi) is 6.86. The number of carboxylic acids is 1. The second-order valence-electron chi connectivity index (χ2n) is 9.88. The van der Waals surface area contributed by atoms with E-state index in [0.29, 0.717) is 43.5 Å². The lowest BCUT2D eigenvalue weighted by Crippen LogP contribution is -2.43. The molecule has 0 spiro atoms. The summed E-state index contributed by atoms with van der Waals surface area (Å²) in [4.78, 5) is 29.1. The van der Waals surface area contributed by atoms with E-state index in [-0.39, 0.29) is 11.5 Å². The second kappa shape index (κ2) is 10.6. The third-order valence-electron chi connectivity index (χ3n) is 7.34. The van der Waals surface area contributed by atoms with E-state index in [4.69, 9.17) is 17.0 Å². The quantitative estimate of drug-likeness (QED) is 0.315. The number of thiocarbonyl (C=S) groups is 1. The molecule has 1 fully saturated rings. The minimum absolute atomic E-state index is 0.134. The van der Waals surface area contributed by atoms with Crippen molar-refractivity contribution in [2.75, 3.05) is 43.5 Å². The molecule has 1 saturated heterocycles. The van der Waals surface area contributed by atoms with E-state index in [2.05, 4.69) is 27.7 Å². The Bertz CT molecular complexity index is 1500. The van der Waals surface area contributed by atoms with Gasteiger partial charge in [-0.25, -0.2) is 4.79 Å². The number of benzene rings is 3. The predicted molar refractivity (Wildman–Crippen MR) is 154 cm³/mol. The topological polar surface area (TPSA) is 94.1 Å². The molecule has 3 heterocycles. The first-order valence-electron chi connectivity index (χ1n) is 12.9. The first kappa shape index (κ1) is 25.2. The number of anilines is 2. The molecule has 0 atom stereocenters. The zero-order chi connectivity index (χ0) is 26.9. The third-order valence-corrected chi connectivity index (χ3v) is 7.64. The highest BCUT2D eigenvalue weighted by molar-refractivity contribution is 7.81. The van der Waals surface area contributed by atoms with E-state index in [1.807, 2.05) is 41.3 Å². The monoisotopic (exact) mass is 540 g/mol. The highest BCUT2D eigenvalue weighted by Gasteiger charge is 2.28. The summed E-state index contributed by atoms with van der Waals surface area (Å²) in [6.07, 6.45) is 0. The molecule has 9 heteroatoms. The van der Waals surface area contributed by atoms with Gasteiger partial charge in [-0.05, 0) is 41.0 Å². The van der Waals surface area contributed by atoms with Crippen molar-refractivity contribution in [2.24, 2.45) is 0 Å². The number of hydrogen-bond acceptors (Lipinski definition) is 6. The molecule has 1 amide bonds. The zero-order valence-electron chi connectivity index (χ0n) is 21.3. The molecule has 0 saturated carbocycles. The van der Waals surface area contributed by atoms with Gasteiger partial charge < -0.3 is 25.4 Å². The van der Waals surface area contributed by atoms with Gasteiger partial charge in [-0.15, -0.1) is 0 Å². The first-order chi connectivity index (χ1) is 19.0. The predicted octanol–water partition coefficient (Wildman–Crippen LogP) is 4.29. The maximum absolute atomic E-state index is 13.0. The fourth-order valence-corrected chi connectivity index (χ4v) is 5.60. The van der Waals surface area contributed by atoms with Crippen molar-refractivity contribution in [2.45, 2.75) is 13.1 Å². The van der Waals surface area contributed by atoms with Crippen LogP contribution in [0.1, 0.15) is 32.6 Å². The number of rotatable bonds is 6. The van der Waals surface area contributed by atoms with Crippen molar-refractivity contribution in [3.8, 4) is 0 Å². The van der Waals surface area contributed by atoms with Crippen LogP contribution in [0.25, 0.3) is 11.3 Å². The number of amides is 1. The number of fused-ring (bicyclic) bond motifs is 2. The molecule has 3 aromatic rings. The summed E-state index contributed by atoms with van der Waals surface area (Å²) in [6, 6.07) is 21.1. The minimum atomic E-state index is -0.986. The summed E-state index contributed by atoms with van der Waals surface area (Å²) >= 11 is 5.73. The Balaban J connectivity index is 1.29. The molecule has 0 unspecified atom stereocenters.